The summed E-state index contributed by atoms with van der Waals surface area (Å²) in [6.45, 7) is 2.00. The van der Waals surface area contributed by atoms with E-state index >= 15 is 0 Å². The maximum atomic E-state index is 12.8. The summed E-state index contributed by atoms with van der Waals surface area (Å²) in [5.41, 5.74) is 4.67. The fourth-order valence-electron chi connectivity index (χ4n) is 3.14. The first-order valence-electron chi connectivity index (χ1n) is 9.83. The Morgan fingerprint density at radius 3 is 2.23 bits per heavy atom. The molecule has 0 spiro atoms. The molecule has 0 saturated heterocycles. The van der Waals surface area contributed by atoms with Crippen LogP contribution < -0.4 is 5.32 Å². The minimum atomic E-state index is -0.267. The molecule has 4 aromatic rings. The Kier molecular flexibility index (Phi) is 6.25. The van der Waals surface area contributed by atoms with Gasteiger partial charge in [-0.2, -0.15) is 0 Å². The highest BCUT2D eigenvalue weighted by Gasteiger charge is 2.22. The van der Waals surface area contributed by atoms with Crippen molar-refractivity contribution < 1.29 is 4.79 Å². The highest BCUT2D eigenvalue weighted by atomic mass is 32.2. The van der Waals surface area contributed by atoms with Crippen molar-refractivity contribution in [2.45, 2.75) is 23.8 Å². The lowest BCUT2D eigenvalue weighted by Crippen LogP contribution is -2.24. The van der Waals surface area contributed by atoms with Gasteiger partial charge in [-0.05, 0) is 18.6 Å². The summed E-state index contributed by atoms with van der Waals surface area (Å²) in [6.07, 6.45) is 4.01. The average molecular weight is 415 g/mol. The van der Waals surface area contributed by atoms with Gasteiger partial charge in [0.1, 0.15) is 0 Å². The number of imidazole rings is 1. The number of rotatable bonds is 7. The van der Waals surface area contributed by atoms with Gasteiger partial charge in [-0.3, -0.25) is 9.78 Å². The number of aromatic nitrogens is 3. The van der Waals surface area contributed by atoms with Crippen molar-refractivity contribution in [3.8, 4) is 22.5 Å². The summed E-state index contributed by atoms with van der Waals surface area (Å²) in [5, 5.41) is 3.42. The van der Waals surface area contributed by atoms with Gasteiger partial charge < -0.3 is 10.3 Å². The molecule has 2 aromatic heterocycles. The lowest BCUT2D eigenvalue weighted by atomic mass is 10.1. The summed E-state index contributed by atoms with van der Waals surface area (Å²) in [6, 6.07) is 23.8. The molecule has 1 atom stereocenters. The summed E-state index contributed by atoms with van der Waals surface area (Å²) < 4.78 is 0. The van der Waals surface area contributed by atoms with Crippen molar-refractivity contribution in [3.63, 3.8) is 0 Å². The van der Waals surface area contributed by atoms with Gasteiger partial charge in [0.15, 0.2) is 5.16 Å². The van der Waals surface area contributed by atoms with Crippen LogP contribution in [0.25, 0.3) is 22.5 Å². The molecule has 0 saturated carbocycles. The fourth-order valence-corrected chi connectivity index (χ4v) is 4.05. The molecular formula is C24H22N4OS. The van der Waals surface area contributed by atoms with Crippen LogP contribution in [-0.2, 0) is 4.79 Å². The van der Waals surface area contributed by atoms with Crippen LogP contribution in [0, 0.1) is 0 Å². The Morgan fingerprint density at radius 2 is 1.60 bits per heavy atom. The van der Waals surface area contributed by atoms with E-state index in [-0.39, 0.29) is 11.2 Å². The van der Waals surface area contributed by atoms with Crippen molar-refractivity contribution in [2.24, 2.45) is 0 Å². The Labute approximate surface area is 180 Å². The van der Waals surface area contributed by atoms with E-state index in [0.717, 1.165) is 33.4 Å². The van der Waals surface area contributed by atoms with Crippen molar-refractivity contribution in [2.75, 3.05) is 5.32 Å². The molecule has 1 amide bonds. The predicted molar refractivity (Wildman–Crippen MR) is 122 cm³/mol. The first kappa shape index (κ1) is 19.9. The van der Waals surface area contributed by atoms with Gasteiger partial charge in [-0.25, -0.2) is 4.98 Å². The number of nitrogens with one attached hydrogen (secondary N) is 2. The molecule has 0 aliphatic carbocycles. The lowest BCUT2D eigenvalue weighted by molar-refractivity contribution is -0.115. The quantitative estimate of drug-likeness (QED) is 0.384. The smallest absolute Gasteiger partial charge is 0.237 e. The number of thioether (sulfide) groups is 1. The third-order valence-corrected chi connectivity index (χ3v) is 5.91. The van der Waals surface area contributed by atoms with E-state index in [1.165, 1.54) is 11.8 Å². The molecule has 2 heterocycles. The fraction of sp³-hybridized carbons (Fsp3) is 0.125. The molecule has 5 nitrogen and oxygen atoms in total. The number of anilines is 1. The van der Waals surface area contributed by atoms with E-state index in [2.05, 4.69) is 27.4 Å². The molecule has 0 bridgehead atoms. The Balaban J connectivity index is 1.62. The van der Waals surface area contributed by atoms with Crippen LogP contribution >= 0.6 is 11.8 Å². The van der Waals surface area contributed by atoms with Crippen molar-refractivity contribution in [1.82, 2.24) is 15.0 Å². The van der Waals surface area contributed by atoms with Crippen molar-refractivity contribution in [3.05, 3.63) is 85.2 Å². The Morgan fingerprint density at radius 1 is 0.967 bits per heavy atom. The maximum absolute atomic E-state index is 12.8. The van der Waals surface area contributed by atoms with E-state index in [4.69, 9.17) is 4.98 Å². The highest BCUT2D eigenvalue weighted by Crippen LogP contribution is 2.34. The zero-order valence-corrected chi connectivity index (χ0v) is 17.4. The average Bonchev–Trinajstić information content (AvgIpc) is 3.23. The van der Waals surface area contributed by atoms with Gasteiger partial charge in [0.25, 0.3) is 0 Å². The van der Waals surface area contributed by atoms with Gasteiger partial charge in [-0.1, -0.05) is 79.3 Å². The van der Waals surface area contributed by atoms with Crippen LogP contribution in [0.1, 0.15) is 13.3 Å². The second-order valence-electron chi connectivity index (χ2n) is 6.74. The van der Waals surface area contributed by atoms with Crippen molar-refractivity contribution in [1.29, 1.82) is 0 Å². The number of pyridine rings is 1. The van der Waals surface area contributed by atoms with Gasteiger partial charge in [0.05, 0.1) is 16.6 Å². The largest absolute Gasteiger partial charge is 0.332 e. The van der Waals surface area contributed by atoms with Crippen LogP contribution in [0.3, 0.4) is 0 Å². The van der Waals surface area contributed by atoms with E-state index in [1.807, 2.05) is 55.5 Å². The third kappa shape index (κ3) is 4.60. The maximum Gasteiger partial charge on any atom is 0.237 e. The number of hydrogen-bond acceptors (Lipinski definition) is 4. The van der Waals surface area contributed by atoms with Crippen LogP contribution in [0.2, 0.25) is 0 Å². The van der Waals surface area contributed by atoms with Gasteiger partial charge >= 0.3 is 0 Å². The SMILES string of the molecule is CCC(Sc1nc(-c2ccccc2)c(-c2ccccc2)[nH]1)C(=O)Nc1ccncc1. The first-order valence-corrected chi connectivity index (χ1v) is 10.7. The van der Waals surface area contributed by atoms with Gasteiger partial charge in [-0.15, -0.1) is 0 Å². The summed E-state index contributed by atoms with van der Waals surface area (Å²) >= 11 is 1.45. The number of benzene rings is 2. The zero-order valence-electron chi connectivity index (χ0n) is 16.6. The monoisotopic (exact) mass is 414 g/mol. The number of amides is 1. The molecule has 1 unspecified atom stereocenters. The minimum absolute atomic E-state index is 0.0485. The Hall–Kier alpha value is -3.38. The Bertz CT molecular complexity index is 1040. The molecule has 4 rings (SSSR count). The third-order valence-electron chi connectivity index (χ3n) is 4.66. The number of hydrogen-bond donors (Lipinski definition) is 2. The molecule has 6 heteroatoms. The van der Waals surface area contributed by atoms with E-state index < -0.39 is 0 Å². The number of nitrogens with zero attached hydrogens (tertiary/aromatic N) is 2. The van der Waals surface area contributed by atoms with Crippen LogP contribution in [0.5, 0.6) is 0 Å². The summed E-state index contributed by atoms with van der Waals surface area (Å²) in [7, 11) is 0. The molecule has 150 valence electrons. The van der Waals surface area contributed by atoms with E-state index in [0.29, 0.717) is 6.42 Å². The standard InChI is InChI=1S/C24H22N4OS/c1-2-20(23(29)26-19-13-15-25-16-14-19)30-24-27-21(17-9-5-3-6-10-17)22(28-24)18-11-7-4-8-12-18/h3-16,20H,2H2,1H3,(H,27,28)(H,25,26,29). The number of aromatic amines is 1. The molecule has 0 aliphatic heterocycles. The van der Waals surface area contributed by atoms with Gasteiger partial charge in [0, 0.05) is 29.2 Å². The number of H-pyrrole nitrogens is 1. The van der Waals surface area contributed by atoms with Gasteiger partial charge in [0.2, 0.25) is 5.91 Å². The second-order valence-corrected chi connectivity index (χ2v) is 7.93. The van der Waals surface area contributed by atoms with Crippen LogP contribution in [0.4, 0.5) is 5.69 Å². The highest BCUT2D eigenvalue weighted by molar-refractivity contribution is 8.00. The zero-order chi connectivity index (χ0) is 20.8. The second kappa shape index (κ2) is 9.41. The first-order chi connectivity index (χ1) is 14.7. The molecule has 30 heavy (non-hydrogen) atoms. The van der Waals surface area contributed by atoms with Crippen LogP contribution in [0.15, 0.2) is 90.3 Å². The molecule has 2 N–H and O–H groups in total. The molecule has 0 aliphatic rings. The minimum Gasteiger partial charge on any atom is -0.332 e. The molecule has 0 fully saturated rings. The van der Waals surface area contributed by atoms with Crippen LogP contribution in [-0.4, -0.2) is 26.1 Å². The molecule has 2 aromatic carbocycles. The van der Waals surface area contributed by atoms with E-state index in [1.54, 1.807) is 24.5 Å². The number of carbonyl (C=O) groups excluding carboxylic acids is 1. The molecular weight excluding hydrogens is 392 g/mol. The van der Waals surface area contributed by atoms with Crippen molar-refractivity contribution >= 4 is 23.4 Å². The normalized spacial score (nSPS) is 11.8. The summed E-state index contributed by atoms with van der Waals surface area (Å²) in [4.78, 5) is 25.1. The topological polar surface area (TPSA) is 70.7 Å². The number of carbonyl (C=O) groups is 1. The lowest BCUT2D eigenvalue weighted by Gasteiger charge is -2.13. The molecule has 0 radical (unpaired) electrons. The summed E-state index contributed by atoms with van der Waals surface area (Å²) in [5.74, 6) is -0.0485. The predicted octanol–water partition coefficient (Wildman–Crippen LogP) is 5.65. The van der Waals surface area contributed by atoms with E-state index in [9.17, 15) is 4.79 Å².